The van der Waals surface area contributed by atoms with E-state index in [2.05, 4.69) is 92.9 Å². The zero-order chi connectivity index (χ0) is 21.6. The summed E-state index contributed by atoms with van der Waals surface area (Å²) in [5.41, 5.74) is 6.75. The molecule has 4 aromatic rings. The van der Waals surface area contributed by atoms with Gasteiger partial charge in [-0.3, -0.25) is 10.00 Å². The standard InChI is InChI=1S/C27H28N4O/c1-3-22(12-14-31-15-17-32-18-16-31)4-2-21(1)6-9-25-20-26(30-29-25)10-7-23-5-8-24-11-13-28-27(24)19-23/h1-11,13,19-20,28H,12,14-18H2,(H,29,30). The van der Waals surface area contributed by atoms with Crippen molar-refractivity contribution in [2.45, 2.75) is 6.42 Å². The lowest BCUT2D eigenvalue weighted by molar-refractivity contribution is 0.0384. The third-order valence-corrected chi connectivity index (χ3v) is 5.90. The Hall–Kier alpha value is -3.41. The molecule has 5 heteroatoms. The van der Waals surface area contributed by atoms with E-state index in [-0.39, 0.29) is 0 Å². The first-order chi connectivity index (χ1) is 15.8. The molecule has 0 radical (unpaired) electrons. The van der Waals surface area contributed by atoms with Crippen LogP contribution in [0.5, 0.6) is 0 Å². The van der Waals surface area contributed by atoms with Crippen LogP contribution < -0.4 is 0 Å². The summed E-state index contributed by atoms with van der Waals surface area (Å²) in [5, 5.41) is 8.71. The number of morpholine rings is 1. The summed E-state index contributed by atoms with van der Waals surface area (Å²) in [5.74, 6) is 0. The van der Waals surface area contributed by atoms with Gasteiger partial charge in [-0.1, -0.05) is 48.6 Å². The minimum atomic E-state index is 0.859. The molecule has 0 amide bonds. The van der Waals surface area contributed by atoms with E-state index in [1.165, 1.54) is 16.5 Å². The number of nitrogens with zero attached hydrogens (tertiary/aromatic N) is 2. The molecule has 2 aromatic heterocycles. The lowest BCUT2D eigenvalue weighted by Gasteiger charge is -2.26. The number of hydrogen-bond acceptors (Lipinski definition) is 3. The Labute approximate surface area is 188 Å². The number of aromatic nitrogens is 3. The number of rotatable bonds is 7. The minimum absolute atomic E-state index is 0.859. The Bertz CT molecular complexity index is 1210. The molecule has 1 aliphatic rings. The van der Waals surface area contributed by atoms with Gasteiger partial charge in [-0.05, 0) is 58.8 Å². The van der Waals surface area contributed by atoms with E-state index in [1.54, 1.807) is 0 Å². The largest absolute Gasteiger partial charge is 0.379 e. The number of aromatic amines is 2. The Morgan fingerprint density at radius 1 is 0.875 bits per heavy atom. The minimum Gasteiger partial charge on any atom is -0.379 e. The van der Waals surface area contributed by atoms with Crippen LogP contribution in [-0.4, -0.2) is 52.9 Å². The molecule has 162 valence electrons. The summed E-state index contributed by atoms with van der Waals surface area (Å²) in [6.07, 6.45) is 11.3. The molecule has 2 aromatic carbocycles. The second kappa shape index (κ2) is 9.81. The lowest BCUT2D eigenvalue weighted by Crippen LogP contribution is -2.37. The van der Waals surface area contributed by atoms with E-state index in [1.807, 2.05) is 12.3 Å². The summed E-state index contributed by atoms with van der Waals surface area (Å²) in [7, 11) is 0. The molecular formula is C27H28N4O. The summed E-state index contributed by atoms with van der Waals surface area (Å²) in [4.78, 5) is 5.72. The van der Waals surface area contributed by atoms with Crippen LogP contribution in [0.3, 0.4) is 0 Å². The molecule has 0 aliphatic carbocycles. The van der Waals surface area contributed by atoms with Gasteiger partial charge in [0.05, 0.1) is 24.6 Å². The summed E-state index contributed by atoms with van der Waals surface area (Å²) in [6, 6.07) is 19.3. The van der Waals surface area contributed by atoms with E-state index >= 15 is 0 Å². The molecule has 0 atom stereocenters. The van der Waals surface area contributed by atoms with Crippen molar-refractivity contribution in [1.29, 1.82) is 0 Å². The number of H-pyrrole nitrogens is 2. The van der Waals surface area contributed by atoms with Crippen LogP contribution in [0.1, 0.15) is 28.1 Å². The fraction of sp³-hybridized carbons (Fsp3) is 0.222. The van der Waals surface area contributed by atoms with Crippen molar-refractivity contribution in [1.82, 2.24) is 20.1 Å². The molecule has 5 rings (SSSR count). The van der Waals surface area contributed by atoms with Gasteiger partial charge in [0.2, 0.25) is 0 Å². The van der Waals surface area contributed by atoms with Crippen molar-refractivity contribution in [3.8, 4) is 0 Å². The maximum absolute atomic E-state index is 5.42. The predicted molar refractivity (Wildman–Crippen MR) is 132 cm³/mol. The molecule has 0 saturated carbocycles. The van der Waals surface area contributed by atoms with E-state index in [0.29, 0.717) is 0 Å². The van der Waals surface area contributed by atoms with Gasteiger partial charge in [-0.2, -0.15) is 5.10 Å². The molecule has 1 aliphatic heterocycles. The lowest BCUT2D eigenvalue weighted by atomic mass is 10.1. The molecule has 0 spiro atoms. The molecule has 5 nitrogen and oxygen atoms in total. The monoisotopic (exact) mass is 424 g/mol. The first-order valence-electron chi connectivity index (χ1n) is 11.2. The fourth-order valence-corrected chi connectivity index (χ4v) is 3.97. The first kappa shape index (κ1) is 20.5. The topological polar surface area (TPSA) is 56.9 Å². The highest BCUT2D eigenvalue weighted by molar-refractivity contribution is 5.83. The summed E-state index contributed by atoms with van der Waals surface area (Å²) in [6.45, 7) is 4.91. The van der Waals surface area contributed by atoms with Gasteiger partial charge in [0.1, 0.15) is 0 Å². The van der Waals surface area contributed by atoms with Gasteiger partial charge in [0.25, 0.3) is 0 Å². The highest BCUT2D eigenvalue weighted by Crippen LogP contribution is 2.16. The Morgan fingerprint density at radius 3 is 2.56 bits per heavy atom. The van der Waals surface area contributed by atoms with Crippen LogP contribution in [-0.2, 0) is 11.2 Å². The van der Waals surface area contributed by atoms with Crippen LogP contribution in [0.2, 0.25) is 0 Å². The van der Waals surface area contributed by atoms with Crippen LogP contribution in [0.4, 0.5) is 0 Å². The smallest absolute Gasteiger partial charge is 0.0854 e. The molecular weight excluding hydrogens is 396 g/mol. The van der Waals surface area contributed by atoms with Gasteiger partial charge in [0.15, 0.2) is 0 Å². The fourth-order valence-electron chi connectivity index (χ4n) is 3.97. The molecule has 1 fully saturated rings. The average Bonchev–Trinajstić information content (AvgIpc) is 3.50. The number of nitrogens with one attached hydrogen (secondary N) is 2. The van der Waals surface area contributed by atoms with Crippen LogP contribution in [0, 0.1) is 0 Å². The van der Waals surface area contributed by atoms with Crippen molar-refractivity contribution < 1.29 is 4.74 Å². The Kier molecular flexibility index (Phi) is 6.28. The zero-order valence-corrected chi connectivity index (χ0v) is 18.1. The summed E-state index contributed by atoms with van der Waals surface area (Å²) >= 11 is 0. The highest BCUT2D eigenvalue weighted by Gasteiger charge is 2.09. The summed E-state index contributed by atoms with van der Waals surface area (Å²) < 4.78 is 5.42. The number of hydrogen-bond donors (Lipinski definition) is 2. The van der Waals surface area contributed by atoms with E-state index in [9.17, 15) is 0 Å². The molecule has 2 N–H and O–H groups in total. The van der Waals surface area contributed by atoms with Gasteiger partial charge in [-0.25, -0.2) is 0 Å². The van der Waals surface area contributed by atoms with Crippen molar-refractivity contribution in [3.63, 3.8) is 0 Å². The van der Waals surface area contributed by atoms with Crippen molar-refractivity contribution in [2.24, 2.45) is 0 Å². The Morgan fingerprint density at radius 2 is 1.69 bits per heavy atom. The van der Waals surface area contributed by atoms with Gasteiger partial charge >= 0.3 is 0 Å². The van der Waals surface area contributed by atoms with Crippen molar-refractivity contribution in [3.05, 3.63) is 88.9 Å². The molecule has 1 saturated heterocycles. The SMILES string of the molecule is C(=Cc1cc(C=Cc2ccc3cc[nH]c3c2)[nH]n1)c1ccc(CCN2CCOCC2)cc1. The van der Waals surface area contributed by atoms with Gasteiger partial charge in [0, 0.05) is 31.3 Å². The normalized spacial score (nSPS) is 15.4. The quantitative estimate of drug-likeness (QED) is 0.434. The molecule has 3 heterocycles. The number of fused-ring (bicyclic) bond motifs is 1. The third-order valence-electron chi connectivity index (χ3n) is 5.90. The highest BCUT2D eigenvalue weighted by atomic mass is 16.5. The second-order valence-electron chi connectivity index (χ2n) is 8.18. The van der Waals surface area contributed by atoms with E-state index in [4.69, 9.17) is 4.74 Å². The van der Waals surface area contributed by atoms with Crippen LogP contribution in [0.25, 0.3) is 35.2 Å². The van der Waals surface area contributed by atoms with Gasteiger partial charge < -0.3 is 9.72 Å². The molecule has 0 unspecified atom stereocenters. The zero-order valence-electron chi connectivity index (χ0n) is 18.1. The van der Waals surface area contributed by atoms with E-state index < -0.39 is 0 Å². The van der Waals surface area contributed by atoms with Crippen molar-refractivity contribution in [2.75, 3.05) is 32.8 Å². The van der Waals surface area contributed by atoms with E-state index in [0.717, 1.165) is 61.7 Å². The third kappa shape index (κ3) is 5.25. The average molecular weight is 425 g/mol. The predicted octanol–water partition coefficient (Wildman–Crippen LogP) is 5.11. The Balaban J connectivity index is 1.16. The van der Waals surface area contributed by atoms with Crippen LogP contribution >= 0.6 is 0 Å². The molecule has 0 bridgehead atoms. The number of ether oxygens (including phenoxy) is 1. The first-order valence-corrected chi connectivity index (χ1v) is 11.2. The number of benzene rings is 2. The maximum atomic E-state index is 5.42. The van der Waals surface area contributed by atoms with Gasteiger partial charge in [-0.15, -0.1) is 0 Å². The molecule has 32 heavy (non-hydrogen) atoms. The second-order valence-corrected chi connectivity index (χ2v) is 8.18. The maximum Gasteiger partial charge on any atom is 0.0854 e. The van der Waals surface area contributed by atoms with Crippen molar-refractivity contribution >= 4 is 35.2 Å². The van der Waals surface area contributed by atoms with Crippen LogP contribution in [0.15, 0.2) is 60.8 Å².